The standard InChI is InChI=1S/C22H31N3O3S/c1-15(2)10-11-16(3)23-20(26)14-29-22-24-19-9-5-4-8-18(19)21(27)25(22)13-17-7-6-12-28-17/h4-5,8-9,15-17H,6-7,10-14H2,1-3H3,(H,23,26)/t16-,17-/m1/s1. The summed E-state index contributed by atoms with van der Waals surface area (Å²) in [7, 11) is 0. The summed E-state index contributed by atoms with van der Waals surface area (Å²) in [6.07, 6.45) is 4.03. The van der Waals surface area contributed by atoms with Crippen molar-refractivity contribution in [3.8, 4) is 0 Å². The first kappa shape index (κ1) is 21.8. The van der Waals surface area contributed by atoms with Gasteiger partial charge in [-0.3, -0.25) is 14.2 Å². The van der Waals surface area contributed by atoms with E-state index in [0.717, 1.165) is 32.3 Å². The van der Waals surface area contributed by atoms with E-state index in [-0.39, 0.29) is 29.4 Å². The largest absolute Gasteiger partial charge is 0.376 e. The minimum Gasteiger partial charge on any atom is -0.376 e. The quantitative estimate of drug-likeness (QED) is 0.498. The van der Waals surface area contributed by atoms with E-state index in [2.05, 4.69) is 24.1 Å². The van der Waals surface area contributed by atoms with Crippen LogP contribution >= 0.6 is 11.8 Å². The fourth-order valence-electron chi connectivity index (χ4n) is 3.51. The molecule has 1 amide bonds. The maximum Gasteiger partial charge on any atom is 0.262 e. The molecular formula is C22H31N3O3S. The van der Waals surface area contributed by atoms with Crippen molar-refractivity contribution in [2.75, 3.05) is 12.4 Å². The van der Waals surface area contributed by atoms with Gasteiger partial charge in [0.15, 0.2) is 5.16 Å². The molecule has 0 radical (unpaired) electrons. The van der Waals surface area contributed by atoms with Gasteiger partial charge in [-0.15, -0.1) is 0 Å². The van der Waals surface area contributed by atoms with E-state index in [9.17, 15) is 9.59 Å². The summed E-state index contributed by atoms with van der Waals surface area (Å²) in [6.45, 7) is 7.61. The minimum absolute atomic E-state index is 0.0277. The lowest BCUT2D eigenvalue weighted by molar-refractivity contribution is -0.119. The molecule has 1 aliphatic rings. The number of thioether (sulfide) groups is 1. The van der Waals surface area contributed by atoms with Gasteiger partial charge in [-0.05, 0) is 50.7 Å². The third-order valence-electron chi connectivity index (χ3n) is 5.15. The van der Waals surface area contributed by atoms with Crippen LogP contribution in [0.25, 0.3) is 10.9 Å². The molecule has 0 spiro atoms. The van der Waals surface area contributed by atoms with Crippen molar-refractivity contribution in [2.45, 2.75) is 70.3 Å². The molecule has 7 heteroatoms. The SMILES string of the molecule is CC(C)CC[C@@H](C)NC(=O)CSc1nc2ccccc2c(=O)n1C[C@H]1CCCO1. The van der Waals surface area contributed by atoms with Gasteiger partial charge < -0.3 is 10.1 Å². The molecule has 0 aliphatic carbocycles. The van der Waals surface area contributed by atoms with Crippen molar-refractivity contribution in [3.05, 3.63) is 34.6 Å². The van der Waals surface area contributed by atoms with Crippen LogP contribution in [0.4, 0.5) is 0 Å². The molecule has 2 heterocycles. The molecule has 1 fully saturated rings. The van der Waals surface area contributed by atoms with Crippen LogP contribution in [0.5, 0.6) is 0 Å². The van der Waals surface area contributed by atoms with Crippen LogP contribution in [-0.4, -0.2) is 40.0 Å². The Morgan fingerprint density at radius 1 is 1.31 bits per heavy atom. The van der Waals surface area contributed by atoms with E-state index in [0.29, 0.717) is 28.5 Å². The third kappa shape index (κ3) is 6.06. The fourth-order valence-corrected chi connectivity index (χ4v) is 4.33. The molecule has 1 saturated heterocycles. The normalized spacial score (nSPS) is 17.7. The number of benzene rings is 1. The maximum absolute atomic E-state index is 13.1. The lowest BCUT2D eigenvalue weighted by Gasteiger charge is -2.17. The summed E-state index contributed by atoms with van der Waals surface area (Å²) < 4.78 is 7.41. The van der Waals surface area contributed by atoms with E-state index >= 15 is 0 Å². The van der Waals surface area contributed by atoms with Crippen molar-refractivity contribution in [1.29, 1.82) is 0 Å². The number of nitrogens with zero attached hydrogens (tertiary/aromatic N) is 2. The average Bonchev–Trinajstić information content (AvgIpc) is 3.20. The molecule has 1 N–H and O–H groups in total. The zero-order chi connectivity index (χ0) is 20.8. The second-order valence-electron chi connectivity index (χ2n) is 8.19. The summed E-state index contributed by atoms with van der Waals surface area (Å²) in [5, 5.41) is 4.23. The summed E-state index contributed by atoms with van der Waals surface area (Å²) in [6, 6.07) is 7.50. The number of amides is 1. The number of carbonyl (C=O) groups excluding carboxylic acids is 1. The Hall–Kier alpha value is -1.86. The predicted octanol–water partition coefficient (Wildman–Crippen LogP) is 3.61. The highest BCUT2D eigenvalue weighted by molar-refractivity contribution is 7.99. The molecule has 1 aromatic carbocycles. The van der Waals surface area contributed by atoms with Crippen LogP contribution < -0.4 is 10.9 Å². The second-order valence-corrected chi connectivity index (χ2v) is 9.13. The van der Waals surface area contributed by atoms with Crippen LogP contribution in [0.15, 0.2) is 34.2 Å². The first-order valence-electron chi connectivity index (χ1n) is 10.5. The van der Waals surface area contributed by atoms with Crippen molar-refractivity contribution in [2.24, 2.45) is 5.92 Å². The molecule has 6 nitrogen and oxygen atoms in total. The van der Waals surface area contributed by atoms with Gasteiger partial charge in [0.05, 0.1) is 29.3 Å². The molecule has 3 rings (SSSR count). The second kappa shape index (κ2) is 10.3. The highest BCUT2D eigenvalue weighted by atomic mass is 32.2. The fraction of sp³-hybridized carbons (Fsp3) is 0.591. The number of nitrogens with one attached hydrogen (secondary N) is 1. The molecule has 1 aromatic heterocycles. The van der Waals surface area contributed by atoms with Gasteiger partial charge in [-0.2, -0.15) is 0 Å². The van der Waals surface area contributed by atoms with Crippen molar-refractivity contribution in [3.63, 3.8) is 0 Å². The average molecular weight is 418 g/mol. The molecule has 0 bridgehead atoms. The molecule has 0 saturated carbocycles. The highest BCUT2D eigenvalue weighted by Crippen LogP contribution is 2.21. The zero-order valence-corrected chi connectivity index (χ0v) is 18.3. The third-order valence-corrected chi connectivity index (χ3v) is 6.13. The van der Waals surface area contributed by atoms with Gasteiger partial charge in [0, 0.05) is 12.6 Å². The summed E-state index contributed by atoms with van der Waals surface area (Å²) in [5.74, 6) is 0.831. The Morgan fingerprint density at radius 3 is 2.83 bits per heavy atom. The number of ether oxygens (including phenoxy) is 1. The Bertz CT molecular complexity index is 890. The van der Waals surface area contributed by atoms with E-state index in [1.165, 1.54) is 11.8 Å². The molecule has 1 aliphatic heterocycles. The van der Waals surface area contributed by atoms with Crippen LogP contribution in [0.2, 0.25) is 0 Å². The summed E-state index contributed by atoms with van der Waals surface area (Å²) >= 11 is 1.32. The smallest absolute Gasteiger partial charge is 0.262 e. The Labute approximate surface area is 176 Å². The van der Waals surface area contributed by atoms with Crippen LogP contribution in [-0.2, 0) is 16.1 Å². The van der Waals surface area contributed by atoms with Crippen LogP contribution in [0, 0.1) is 5.92 Å². The van der Waals surface area contributed by atoms with Gasteiger partial charge >= 0.3 is 0 Å². The number of hydrogen-bond acceptors (Lipinski definition) is 5. The van der Waals surface area contributed by atoms with Gasteiger partial charge in [0.2, 0.25) is 5.91 Å². The zero-order valence-electron chi connectivity index (χ0n) is 17.5. The van der Waals surface area contributed by atoms with E-state index in [4.69, 9.17) is 4.74 Å². The van der Waals surface area contributed by atoms with Crippen LogP contribution in [0.3, 0.4) is 0 Å². The summed E-state index contributed by atoms with van der Waals surface area (Å²) in [5.41, 5.74) is 0.591. The van der Waals surface area contributed by atoms with Crippen molar-refractivity contribution < 1.29 is 9.53 Å². The summed E-state index contributed by atoms with van der Waals surface area (Å²) in [4.78, 5) is 30.1. The molecule has 2 atom stereocenters. The number of rotatable bonds is 9. The van der Waals surface area contributed by atoms with Gasteiger partial charge in [0.1, 0.15) is 0 Å². The Balaban J connectivity index is 1.73. The van der Waals surface area contributed by atoms with E-state index < -0.39 is 0 Å². The lowest BCUT2D eigenvalue weighted by Crippen LogP contribution is -2.34. The molecule has 158 valence electrons. The lowest BCUT2D eigenvalue weighted by atomic mass is 10.0. The number of aromatic nitrogens is 2. The van der Waals surface area contributed by atoms with E-state index in [1.54, 1.807) is 10.6 Å². The first-order chi connectivity index (χ1) is 13.9. The predicted molar refractivity (Wildman–Crippen MR) is 117 cm³/mol. The molecule has 0 unspecified atom stereocenters. The Morgan fingerprint density at radius 2 is 2.10 bits per heavy atom. The number of fused-ring (bicyclic) bond motifs is 1. The monoisotopic (exact) mass is 417 g/mol. The van der Waals surface area contributed by atoms with Crippen LogP contribution in [0.1, 0.15) is 46.5 Å². The number of para-hydroxylation sites is 1. The topological polar surface area (TPSA) is 73.2 Å². The van der Waals surface area contributed by atoms with Gasteiger partial charge in [-0.25, -0.2) is 4.98 Å². The number of carbonyl (C=O) groups is 1. The van der Waals surface area contributed by atoms with Crippen molar-refractivity contribution >= 4 is 28.6 Å². The molecular weight excluding hydrogens is 386 g/mol. The molecule has 2 aromatic rings. The van der Waals surface area contributed by atoms with Gasteiger partial charge in [-0.1, -0.05) is 37.7 Å². The Kier molecular flexibility index (Phi) is 7.72. The van der Waals surface area contributed by atoms with E-state index in [1.807, 2.05) is 25.1 Å². The molecule has 29 heavy (non-hydrogen) atoms. The number of hydrogen-bond donors (Lipinski definition) is 1. The maximum atomic E-state index is 13.1. The highest BCUT2D eigenvalue weighted by Gasteiger charge is 2.21. The van der Waals surface area contributed by atoms with Gasteiger partial charge in [0.25, 0.3) is 5.56 Å². The first-order valence-corrected chi connectivity index (χ1v) is 11.5. The van der Waals surface area contributed by atoms with Crippen molar-refractivity contribution in [1.82, 2.24) is 14.9 Å². The minimum atomic E-state index is -0.0701.